The van der Waals surface area contributed by atoms with E-state index in [0.29, 0.717) is 12.1 Å². The molecule has 2 aromatic rings. The van der Waals surface area contributed by atoms with Gasteiger partial charge in [0.05, 0.1) is 0 Å². The molecular formula is C17H18F2N2. The van der Waals surface area contributed by atoms with E-state index >= 15 is 0 Å². The molecule has 4 heteroatoms. The van der Waals surface area contributed by atoms with Crippen molar-refractivity contribution >= 4 is 5.69 Å². The van der Waals surface area contributed by atoms with Crippen molar-refractivity contribution in [3.63, 3.8) is 0 Å². The highest BCUT2D eigenvalue weighted by molar-refractivity contribution is 5.70. The van der Waals surface area contributed by atoms with Crippen LogP contribution in [0.25, 0.3) is 11.1 Å². The summed E-state index contributed by atoms with van der Waals surface area (Å²) in [5.41, 5.74) is 1.29. The van der Waals surface area contributed by atoms with Crippen LogP contribution in [0.3, 0.4) is 0 Å². The van der Waals surface area contributed by atoms with Gasteiger partial charge in [0.25, 0.3) is 0 Å². The van der Waals surface area contributed by atoms with Gasteiger partial charge in [0.2, 0.25) is 0 Å². The number of piperazine rings is 1. The summed E-state index contributed by atoms with van der Waals surface area (Å²) >= 11 is 0. The van der Waals surface area contributed by atoms with Gasteiger partial charge in [-0.1, -0.05) is 30.3 Å². The first-order valence-corrected chi connectivity index (χ1v) is 7.19. The second-order valence-corrected chi connectivity index (χ2v) is 5.37. The predicted octanol–water partition coefficient (Wildman–Crippen LogP) is 3.43. The summed E-state index contributed by atoms with van der Waals surface area (Å²) in [5.74, 6) is -0.976. The third-order valence-corrected chi connectivity index (χ3v) is 3.94. The summed E-state index contributed by atoms with van der Waals surface area (Å²) in [7, 11) is 0. The lowest BCUT2D eigenvalue weighted by molar-refractivity contribution is 0.478. The zero-order valence-corrected chi connectivity index (χ0v) is 11.9. The van der Waals surface area contributed by atoms with E-state index in [1.165, 1.54) is 12.1 Å². The number of hydrogen-bond acceptors (Lipinski definition) is 2. The standard InChI is InChI=1S/C17H18F2N2/c1-12-11-20-9-10-21(12)17-15(18)8-7-14(16(17)19)13-5-3-2-4-6-13/h2-8,12,20H,9-11H2,1H3. The average Bonchev–Trinajstić information content (AvgIpc) is 2.50. The van der Waals surface area contributed by atoms with E-state index in [0.717, 1.165) is 18.7 Å². The second-order valence-electron chi connectivity index (χ2n) is 5.37. The number of rotatable bonds is 2. The van der Waals surface area contributed by atoms with Crippen LogP contribution in [-0.4, -0.2) is 25.7 Å². The lowest BCUT2D eigenvalue weighted by Gasteiger charge is -2.36. The molecule has 0 saturated carbocycles. The van der Waals surface area contributed by atoms with Crippen molar-refractivity contribution in [1.29, 1.82) is 0 Å². The Bertz CT molecular complexity index is 628. The molecule has 1 heterocycles. The summed E-state index contributed by atoms with van der Waals surface area (Å²) in [5, 5.41) is 3.23. The molecule has 1 N–H and O–H groups in total. The first kappa shape index (κ1) is 14.0. The molecule has 1 unspecified atom stereocenters. The van der Waals surface area contributed by atoms with Gasteiger partial charge in [0, 0.05) is 31.2 Å². The molecule has 0 aliphatic carbocycles. The van der Waals surface area contributed by atoms with Crippen LogP contribution >= 0.6 is 0 Å². The molecule has 21 heavy (non-hydrogen) atoms. The molecule has 0 spiro atoms. The van der Waals surface area contributed by atoms with Crippen LogP contribution in [0.4, 0.5) is 14.5 Å². The summed E-state index contributed by atoms with van der Waals surface area (Å²) in [6.07, 6.45) is 0. The van der Waals surface area contributed by atoms with Crippen LogP contribution < -0.4 is 10.2 Å². The van der Waals surface area contributed by atoms with E-state index in [1.807, 2.05) is 42.2 Å². The number of benzene rings is 2. The maximum absolute atomic E-state index is 14.9. The Hall–Kier alpha value is -1.94. The van der Waals surface area contributed by atoms with Gasteiger partial charge in [-0.25, -0.2) is 8.78 Å². The molecule has 1 atom stereocenters. The minimum atomic E-state index is -0.499. The number of hydrogen-bond donors (Lipinski definition) is 1. The highest BCUT2D eigenvalue weighted by atomic mass is 19.1. The van der Waals surface area contributed by atoms with E-state index in [4.69, 9.17) is 0 Å². The van der Waals surface area contributed by atoms with E-state index in [2.05, 4.69) is 5.32 Å². The molecule has 1 fully saturated rings. The van der Waals surface area contributed by atoms with Crippen molar-refractivity contribution in [2.24, 2.45) is 0 Å². The van der Waals surface area contributed by atoms with Crippen LogP contribution in [0, 0.1) is 11.6 Å². The maximum atomic E-state index is 14.9. The minimum absolute atomic E-state index is 0.0637. The van der Waals surface area contributed by atoms with Crippen molar-refractivity contribution in [3.05, 3.63) is 54.1 Å². The van der Waals surface area contributed by atoms with Gasteiger partial charge < -0.3 is 10.2 Å². The summed E-state index contributed by atoms with van der Waals surface area (Å²) in [6, 6.07) is 12.2. The third kappa shape index (κ3) is 2.63. The van der Waals surface area contributed by atoms with Gasteiger partial charge in [-0.15, -0.1) is 0 Å². The minimum Gasteiger partial charge on any atom is -0.362 e. The summed E-state index contributed by atoms with van der Waals surface area (Å²) in [6.45, 7) is 4.04. The molecule has 1 saturated heterocycles. The fraction of sp³-hybridized carbons (Fsp3) is 0.294. The van der Waals surface area contributed by atoms with Crippen molar-refractivity contribution in [1.82, 2.24) is 5.32 Å². The van der Waals surface area contributed by atoms with Gasteiger partial charge in [-0.3, -0.25) is 0 Å². The van der Waals surface area contributed by atoms with Gasteiger partial charge in [0.15, 0.2) is 5.82 Å². The number of anilines is 1. The number of halogens is 2. The Morgan fingerprint density at radius 3 is 2.57 bits per heavy atom. The van der Waals surface area contributed by atoms with E-state index in [-0.39, 0.29) is 11.7 Å². The smallest absolute Gasteiger partial charge is 0.157 e. The highest BCUT2D eigenvalue weighted by Crippen LogP contribution is 2.33. The van der Waals surface area contributed by atoms with Crippen LogP contribution in [0.5, 0.6) is 0 Å². The monoisotopic (exact) mass is 288 g/mol. The predicted molar refractivity (Wildman–Crippen MR) is 81.5 cm³/mol. The number of nitrogens with one attached hydrogen (secondary N) is 1. The fourth-order valence-corrected chi connectivity index (χ4v) is 2.82. The highest BCUT2D eigenvalue weighted by Gasteiger charge is 2.25. The maximum Gasteiger partial charge on any atom is 0.157 e. The first-order chi connectivity index (χ1) is 10.2. The van der Waals surface area contributed by atoms with Crippen LogP contribution in [0.1, 0.15) is 6.92 Å². The fourth-order valence-electron chi connectivity index (χ4n) is 2.82. The van der Waals surface area contributed by atoms with Gasteiger partial charge in [-0.05, 0) is 24.6 Å². The van der Waals surface area contributed by atoms with Crippen LogP contribution in [0.15, 0.2) is 42.5 Å². The molecule has 0 radical (unpaired) electrons. The molecular weight excluding hydrogens is 270 g/mol. The Morgan fingerprint density at radius 1 is 1.10 bits per heavy atom. The van der Waals surface area contributed by atoms with Crippen molar-refractivity contribution in [2.45, 2.75) is 13.0 Å². The molecule has 2 nitrogen and oxygen atoms in total. The van der Waals surface area contributed by atoms with E-state index in [9.17, 15) is 8.78 Å². The summed E-state index contributed by atoms with van der Waals surface area (Å²) in [4.78, 5) is 1.81. The van der Waals surface area contributed by atoms with Crippen LogP contribution in [0.2, 0.25) is 0 Å². The Labute approximate surface area is 123 Å². The molecule has 1 aliphatic heterocycles. The Balaban J connectivity index is 2.08. The largest absolute Gasteiger partial charge is 0.362 e. The Morgan fingerprint density at radius 2 is 1.86 bits per heavy atom. The molecule has 0 aromatic heterocycles. The molecule has 0 bridgehead atoms. The van der Waals surface area contributed by atoms with Crippen molar-refractivity contribution in [3.8, 4) is 11.1 Å². The van der Waals surface area contributed by atoms with Crippen molar-refractivity contribution < 1.29 is 8.78 Å². The molecule has 1 aliphatic rings. The van der Waals surface area contributed by atoms with Crippen LogP contribution in [-0.2, 0) is 0 Å². The number of nitrogens with zero attached hydrogens (tertiary/aromatic N) is 1. The van der Waals surface area contributed by atoms with Gasteiger partial charge in [-0.2, -0.15) is 0 Å². The van der Waals surface area contributed by atoms with E-state index in [1.54, 1.807) is 0 Å². The topological polar surface area (TPSA) is 15.3 Å². The Kier molecular flexibility index (Phi) is 3.88. The quantitative estimate of drug-likeness (QED) is 0.911. The summed E-state index contributed by atoms with van der Waals surface area (Å²) < 4.78 is 29.1. The molecule has 2 aromatic carbocycles. The molecule has 0 amide bonds. The first-order valence-electron chi connectivity index (χ1n) is 7.19. The van der Waals surface area contributed by atoms with Gasteiger partial charge in [0.1, 0.15) is 11.5 Å². The average molecular weight is 288 g/mol. The zero-order chi connectivity index (χ0) is 14.8. The zero-order valence-electron chi connectivity index (χ0n) is 11.9. The molecule has 3 rings (SSSR count). The molecule has 110 valence electrons. The van der Waals surface area contributed by atoms with Crippen molar-refractivity contribution in [2.75, 3.05) is 24.5 Å². The normalized spacial score (nSPS) is 18.8. The lowest BCUT2D eigenvalue weighted by atomic mass is 10.0. The third-order valence-electron chi connectivity index (χ3n) is 3.94. The lowest BCUT2D eigenvalue weighted by Crippen LogP contribution is -2.50. The van der Waals surface area contributed by atoms with Gasteiger partial charge >= 0.3 is 0 Å². The van der Waals surface area contributed by atoms with E-state index < -0.39 is 11.6 Å². The second kappa shape index (κ2) is 5.82. The SMILES string of the molecule is CC1CNCCN1c1c(F)ccc(-c2ccccc2)c1F.